The van der Waals surface area contributed by atoms with Crippen molar-refractivity contribution in [3.8, 4) is 0 Å². The van der Waals surface area contributed by atoms with E-state index in [1.165, 1.54) is 16.4 Å². The predicted octanol–water partition coefficient (Wildman–Crippen LogP) is 1.64. The van der Waals surface area contributed by atoms with Gasteiger partial charge in [-0.25, -0.2) is 0 Å². The van der Waals surface area contributed by atoms with Crippen molar-refractivity contribution in [2.75, 3.05) is 0 Å². The molecule has 2 aromatic rings. The van der Waals surface area contributed by atoms with Gasteiger partial charge in [-0.15, -0.1) is 5.10 Å². The predicted molar refractivity (Wildman–Crippen MR) is 65.3 cm³/mol. The number of carbonyl (C=O) groups is 2. The molecule has 90 valence electrons. The maximum atomic E-state index is 12.1. The zero-order valence-corrected chi connectivity index (χ0v) is 10.4. The van der Waals surface area contributed by atoms with Crippen LogP contribution in [0, 0.1) is 6.92 Å². The van der Waals surface area contributed by atoms with Gasteiger partial charge in [0.1, 0.15) is 0 Å². The summed E-state index contributed by atoms with van der Waals surface area (Å²) < 4.78 is 3.81. The molecule has 1 aromatic heterocycles. The van der Waals surface area contributed by atoms with Gasteiger partial charge in [-0.1, -0.05) is 16.6 Å². The summed E-state index contributed by atoms with van der Waals surface area (Å²) in [4.78, 5) is 26.3. The van der Waals surface area contributed by atoms with Crippen molar-refractivity contribution in [2.24, 2.45) is 0 Å². The third kappa shape index (κ3) is 1.53. The number of hydrogen-bond donors (Lipinski definition) is 0. The fourth-order valence-corrected chi connectivity index (χ4v) is 2.40. The summed E-state index contributed by atoms with van der Waals surface area (Å²) in [6.45, 7) is 2.06. The lowest BCUT2D eigenvalue weighted by Gasteiger charge is -2.11. The van der Waals surface area contributed by atoms with Crippen LogP contribution in [0.25, 0.3) is 0 Å². The van der Waals surface area contributed by atoms with E-state index in [2.05, 4.69) is 9.59 Å². The highest BCUT2D eigenvalue weighted by atomic mass is 32.1. The second-order valence-corrected chi connectivity index (χ2v) is 4.98. The highest BCUT2D eigenvalue weighted by Crippen LogP contribution is 2.24. The van der Waals surface area contributed by atoms with Gasteiger partial charge in [0.15, 0.2) is 0 Å². The van der Waals surface area contributed by atoms with E-state index < -0.39 is 0 Å². The third-order valence-corrected chi connectivity index (χ3v) is 3.60. The van der Waals surface area contributed by atoms with Crippen molar-refractivity contribution >= 4 is 23.3 Å². The van der Waals surface area contributed by atoms with Gasteiger partial charge in [0.25, 0.3) is 11.8 Å². The molecule has 0 atom stereocenters. The van der Waals surface area contributed by atoms with Gasteiger partial charge in [0.2, 0.25) is 0 Å². The molecule has 1 aliphatic heterocycles. The molecule has 5 nitrogen and oxygen atoms in total. The monoisotopic (exact) mass is 259 g/mol. The Bertz CT molecular complexity index is 615. The number of imide groups is 1. The summed E-state index contributed by atoms with van der Waals surface area (Å²) in [6.07, 6.45) is 0. The van der Waals surface area contributed by atoms with E-state index in [4.69, 9.17) is 0 Å². The third-order valence-electron chi connectivity index (χ3n) is 2.93. The molecule has 0 saturated heterocycles. The number of aryl methyl sites for hydroxylation is 1. The fourth-order valence-electron chi connectivity index (χ4n) is 1.93. The Morgan fingerprint density at radius 3 is 2.28 bits per heavy atom. The van der Waals surface area contributed by atoms with Gasteiger partial charge in [-0.3, -0.25) is 14.5 Å². The van der Waals surface area contributed by atoms with Crippen LogP contribution >= 0.6 is 11.5 Å². The molecule has 0 radical (unpaired) electrons. The molecule has 2 amide bonds. The second kappa shape index (κ2) is 3.99. The molecule has 0 unspecified atom stereocenters. The summed E-state index contributed by atoms with van der Waals surface area (Å²) in [5.74, 6) is -0.522. The molecule has 0 aliphatic carbocycles. The first-order chi connectivity index (χ1) is 8.68. The Morgan fingerprint density at radius 2 is 1.78 bits per heavy atom. The lowest BCUT2D eigenvalue weighted by Crippen LogP contribution is -2.29. The average molecular weight is 259 g/mol. The summed E-state index contributed by atoms with van der Waals surface area (Å²) in [6, 6.07) is 6.84. The molecule has 6 heteroatoms. The zero-order valence-electron chi connectivity index (χ0n) is 9.58. The molecule has 0 fully saturated rings. The van der Waals surface area contributed by atoms with E-state index in [1.807, 2.05) is 6.92 Å². The maximum Gasteiger partial charge on any atom is 0.261 e. The van der Waals surface area contributed by atoms with Gasteiger partial charge in [-0.2, -0.15) is 0 Å². The highest BCUT2D eigenvalue weighted by Gasteiger charge is 2.35. The Balaban J connectivity index is 1.95. The topological polar surface area (TPSA) is 63.2 Å². The molecule has 2 heterocycles. The zero-order chi connectivity index (χ0) is 12.7. The Morgan fingerprint density at radius 1 is 1.17 bits per heavy atom. The molecule has 0 saturated carbocycles. The fraction of sp³-hybridized carbons (Fsp3) is 0.167. The summed E-state index contributed by atoms with van der Waals surface area (Å²) in [5.41, 5.74) is 1.60. The van der Waals surface area contributed by atoms with Crippen molar-refractivity contribution < 1.29 is 9.59 Å². The van der Waals surface area contributed by atoms with Crippen LogP contribution in [0.1, 0.15) is 31.3 Å². The lowest BCUT2D eigenvalue weighted by atomic mass is 10.1. The van der Waals surface area contributed by atoms with Crippen molar-refractivity contribution in [3.05, 3.63) is 46.0 Å². The molecule has 0 bridgehead atoms. The van der Waals surface area contributed by atoms with Crippen LogP contribution < -0.4 is 0 Å². The largest absolute Gasteiger partial charge is 0.269 e. The lowest BCUT2D eigenvalue weighted by molar-refractivity contribution is 0.0640. The Labute approximate surface area is 107 Å². The number of hydrogen-bond acceptors (Lipinski definition) is 5. The minimum absolute atomic E-state index is 0.189. The van der Waals surface area contributed by atoms with Crippen molar-refractivity contribution in [2.45, 2.75) is 13.5 Å². The molecule has 1 aromatic carbocycles. The molecule has 0 spiro atoms. The van der Waals surface area contributed by atoms with Crippen molar-refractivity contribution in [1.29, 1.82) is 0 Å². The average Bonchev–Trinajstić information content (AvgIpc) is 2.89. The summed E-state index contributed by atoms with van der Waals surface area (Å²) >= 11 is 1.26. The van der Waals surface area contributed by atoms with Crippen LogP contribution in [0.5, 0.6) is 0 Å². The van der Waals surface area contributed by atoms with Crippen LogP contribution in [0.3, 0.4) is 0 Å². The van der Waals surface area contributed by atoms with Crippen LogP contribution in [0.15, 0.2) is 24.3 Å². The van der Waals surface area contributed by atoms with Gasteiger partial charge in [-0.05, 0) is 30.6 Å². The Hall–Kier alpha value is -2.08. The normalized spacial score (nSPS) is 14.2. The van der Waals surface area contributed by atoms with E-state index >= 15 is 0 Å². The van der Waals surface area contributed by atoms with E-state index in [1.54, 1.807) is 24.3 Å². The molecular formula is C12H9N3O2S. The number of aromatic nitrogens is 2. The molecule has 18 heavy (non-hydrogen) atoms. The van der Waals surface area contributed by atoms with Crippen LogP contribution in [0.4, 0.5) is 0 Å². The first kappa shape index (κ1) is 11.0. The second-order valence-electron chi connectivity index (χ2n) is 4.02. The van der Waals surface area contributed by atoms with Gasteiger partial charge >= 0.3 is 0 Å². The summed E-state index contributed by atoms with van der Waals surface area (Å²) in [5, 5.41) is 3.93. The van der Waals surface area contributed by atoms with E-state index in [9.17, 15) is 9.59 Å². The molecule has 3 rings (SSSR count). The van der Waals surface area contributed by atoms with Gasteiger partial charge in [0, 0.05) is 4.88 Å². The van der Waals surface area contributed by atoms with Gasteiger partial charge < -0.3 is 0 Å². The van der Waals surface area contributed by atoms with Crippen molar-refractivity contribution in [1.82, 2.24) is 14.5 Å². The first-order valence-electron chi connectivity index (χ1n) is 5.41. The number of rotatable bonds is 2. The van der Waals surface area contributed by atoms with E-state index in [-0.39, 0.29) is 18.4 Å². The SMILES string of the molecule is Cc1snnc1CN1C(=O)c2ccccc2C1=O. The number of amides is 2. The Kier molecular flexibility index (Phi) is 2.45. The van der Waals surface area contributed by atoms with Crippen LogP contribution in [-0.2, 0) is 6.54 Å². The summed E-state index contributed by atoms with van der Waals surface area (Å²) in [7, 11) is 0. The minimum atomic E-state index is -0.261. The molecule has 1 aliphatic rings. The van der Waals surface area contributed by atoms with Crippen LogP contribution in [0.2, 0.25) is 0 Å². The standard InChI is InChI=1S/C12H9N3O2S/c1-7-10(13-14-18-7)6-15-11(16)8-4-2-3-5-9(8)12(15)17/h2-5H,6H2,1H3. The number of nitrogens with zero attached hydrogens (tertiary/aromatic N) is 3. The van der Waals surface area contributed by atoms with E-state index in [0.717, 1.165) is 4.88 Å². The maximum absolute atomic E-state index is 12.1. The molecule has 0 N–H and O–H groups in total. The number of fused-ring (bicyclic) bond motifs is 1. The van der Waals surface area contributed by atoms with Crippen molar-refractivity contribution in [3.63, 3.8) is 0 Å². The minimum Gasteiger partial charge on any atom is -0.269 e. The van der Waals surface area contributed by atoms with Crippen LogP contribution in [-0.4, -0.2) is 26.3 Å². The smallest absolute Gasteiger partial charge is 0.261 e. The van der Waals surface area contributed by atoms with Gasteiger partial charge in [0.05, 0.1) is 23.4 Å². The number of carbonyl (C=O) groups excluding carboxylic acids is 2. The highest BCUT2D eigenvalue weighted by molar-refractivity contribution is 7.05. The first-order valence-corrected chi connectivity index (χ1v) is 6.19. The molecular weight excluding hydrogens is 250 g/mol. The number of benzene rings is 1. The van der Waals surface area contributed by atoms with E-state index in [0.29, 0.717) is 16.8 Å². The quantitative estimate of drug-likeness (QED) is 0.769.